The maximum Gasteiger partial charge on any atom is 0.121 e. The molecule has 0 fully saturated rings. The van der Waals surface area contributed by atoms with Gasteiger partial charge in [-0.3, -0.25) is 0 Å². The van der Waals surface area contributed by atoms with E-state index < -0.39 is 0 Å². The Bertz CT molecular complexity index is 299. The maximum atomic E-state index is 6.07. The second kappa shape index (κ2) is 5.23. The molecule has 0 aliphatic heterocycles. The van der Waals surface area contributed by atoms with Crippen LogP contribution in [0.4, 0.5) is 0 Å². The molecule has 0 spiro atoms. The zero-order valence-electron chi connectivity index (χ0n) is 8.80. The van der Waals surface area contributed by atoms with E-state index in [0.29, 0.717) is 0 Å². The number of hydrogen-bond acceptors (Lipinski definition) is 2. The first-order chi connectivity index (χ1) is 6.63. The van der Waals surface area contributed by atoms with Gasteiger partial charge in [0.15, 0.2) is 0 Å². The lowest BCUT2D eigenvalue weighted by Crippen LogP contribution is -2.07. The van der Waals surface area contributed by atoms with Gasteiger partial charge in [0.2, 0.25) is 0 Å². The van der Waals surface area contributed by atoms with Gasteiger partial charge in [0, 0.05) is 11.6 Å². The molecule has 14 heavy (non-hydrogen) atoms. The third kappa shape index (κ3) is 3.20. The van der Waals surface area contributed by atoms with Crippen LogP contribution in [0.5, 0.6) is 5.75 Å². The molecular formula is C11H16ClNO. The van der Waals surface area contributed by atoms with E-state index >= 15 is 0 Å². The lowest BCUT2D eigenvalue weighted by atomic mass is 10.2. The van der Waals surface area contributed by atoms with Crippen LogP contribution in [-0.2, 0) is 6.54 Å². The average Bonchev–Trinajstić information content (AvgIpc) is 2.09. The molecule has 0 bridgehead atoms. The number of hydrogen-bond donors (Lipinski definition) is 1. The van der Waals surface area contributed by atoms with Crippen molar-refractivity contribution in [2.75, 3.05) is 7.05 Å². The summed E-state index contributed by atoms with van der Waals surface area (Å²) in [5.74, 6) is 0.824. The molecule has 0 heterocycles. The lowest BCUT2D eigenvalue weighted by molar-refractivity contribution is 0.242. The molecule has 0 amide bonds. The average molecular weight is 214 g/mol. The Hall–Kier alpha value is -0.730. The van der Waals surface area contributed by atoms with E-state index in [2.05, 4.69) is 5.32 Å². The van der Waals surface area contributed by atoms with Gasteiger partial charge in [0.05, 0.1) is 6.10 Å². The summed E-state index contributed by atoms with van der Waals surface area (Å²) < 4.78 is 5.52. The van der Waals surface area contributed by atoms with Gasteiger partial charge in [-0.2, -0.15) is 0 Å². The number of nitrogens with one attached hydrogen (secondary N) is 1. The predicted octanol–water partition coefficient (Wildman–Crippen LogP) is 2.85. The molecule has 1 aromatic rings. The van der Waals surface area contributed by atoms with E-state index in [0.717, 1.165) is 22.9 Å². The van der Waals surface area contributed by atoms with Gasteiger partial charge in [-0.25, -0.2) is 0 Å². The second-order valence-corrected chi connectivity index (χ2v) is 3.86. The van der Waals surface area contributed by atoms with Gasteiger partial charge < -0.3 is 10.1 Å². The normalized spacial score (nSPS) is 10.6. The topological polar surface area (TPSA) is 21.3 Å². The predicted molar refractivity (Wildman–Crippen MR) is 60.0 cm³/mol. The Morgan fingerprint density at radius 3 is 2.64 bits per heavy atom. The lowest BCUT2D eigenvalue weighted by Gasteiger charge is -2.11. The fourth-order valence-corrected chi connectivity index (χ4v) is 1.44. The summed E-state index contributed by atoms with van der Waals surface area (Å²) in [6.45, 7) is 4.77. The van der Waals surface area contributed by atoms with E-state index in [1.54, 1.807) is 0 Å². The molecule has 0 radical (unpaired) electrons. The van der Waals surface area contributed by atoms with Crippen LogP contribution in [-0.4, -0.2) is 13.2 Å². The minimum Gasteiger partial charge on any atom is -0.491 e. The maximum absolute atomic E-state index is 6.07. The first-order valence-corrected chi connectivity index (χ1v) is 5.11. The monoisotopic (exact) mass is 213 g/mol. The zero-order valence-corrected chi connectivity index (χ0v) is 9.56. The van der Waals surface area contributed by atoms with Gasteiger partial charge in [0.25, 0.3) is 0 Å². The third-order valence-corrected chi connectivity index (χ3v) is 2.12. The van der Waals surface area contributed by atoms with Gasteiger partial charge in [-0.15, -0.1) is 0 Å². The fraction of sp³-hybridized carbons (Fsp3) is 0.455. The van der Waals surface area contributed by atoms with Crippen molar-refractivity contribution < 1.29 is 4.74 Å². The van der Waals surface area contributed by atoms with Crippen molar-refractivity contribution in [1.29, 1.82) is 0 Å². The molecule has 3 heteroatoms. The van der Waals surface area contributed by atoms with Crippen molar-refractivity contribution in [2.45, 2.75) is 26.5 Å². The summed E-state index contributed by atoms with van der Waals surface area (Å²) in [7, 11) is 1.90. The van der Waals surface area contributed by atoms with Crippen LogP contribution < -0.4 is 10.1 Å². The van der Waals surface area contributed by atoms with Crippen molar-refractivity contribution in [3.05, 3.63) is 28.8 Å². The number of benzene rings is 1. The molecule has 0 saturated carbocycles. The highest BCUT2D eigenvalue weighted by atomic mass is 35.5. The van der Waals surface area contributed by atoms with Crippen molar-refractivity contribution in [2.24, 2.45) is 0 Å². The Kier molecular flexibility index (Phi) is 4.23. The van der Waals surface area contributed by atoms with Crippen LogP contribution in [0.2, 0.25) is 5.02 Å². The number of rotatable bonds is 4. The standard InChI is InChI=1S/C11H16ClNO/c1-8(2)14-10-5-4-9(7-13-3)11(12)6-10/h4-6,8,13H,7H2,1-3H3. The summed E-state index contributed by atoms with van der Waals surface area (Å²) >= 11 is 6.07. The van der Waals surface area contributed by atoms with E-state index in [1.165, 1.54) is 0 Å². The molecule has 0 aromatic heterocycles. The smallest absolute Gasteiger partial charge is 0.121 e. The van der Waals surface area contributed by atoms with Crippen molar-refractivity contribution in [1.82, 2.24) is 5.32 Å². The fourth-order valence-electron chi connectivity index (χ4n) is 1.21. The molecule has 1 aromatic carbocycles. The van der Waals surface area contributed by atoms with E-state index in [1.807, 2.05) is 39.1 Å². The molecule has 78 valence electrons. The van der Waals surface area contributed by atoms with Crippen molar-refractivity contribution >= 4 is 11.6 Å². The summed E-state index contributed by atoms with van der Waals surface area (Å²) in [6.07, 6.45) is 0.182. The molecule has 0 aliphatic rings. The molecule has 0 atom stereocenters. The highest BCUT2D eigenvalue weighted by molar-refractivity contribution is 6.31. The SMILES string of the molecule is CNCc1ccc(OC(C)C)cc1Cl. The first-order valence-electron chi connectivity index (χ1n) is 4.73. The molecule has 1 N–H and O–H groups in total. The minimum absolute atomic E-state index is 0.182. The summed E-state index contributed by atoms with van der Waals surface area (Å²) in [4.78, 5) is 0. The first kappa shape index (κ1) is 11.3. The van der Waals surface area contributed by atoms with Crippen LogP contribution in [0.15, 0.2) is 18.2 Å². The van der Waals surface area contributed by atoms with Crippen LogP contribution in [0, 0.1) is 0 Å². The van der Waals surface area contributed by atoms with Gasteiger partial charge in [0.1, 0.15) is 5.75 Å². The Labute approximate surface area is 90.2 Å². The largest absolute Gasteiger partial charge is 0.491 e. The second-order valence-electron chi connectivity index (χ2n) is 3.45. The van der Waals surface area contributed by atoms with Crippen LogP contribution in [0.1, 0.15) is 19.4 Å². The molecule has 2 nitrogen and oxygen atoms in total. The highest BCUT2D eigenvalue weighted by Crippen LogP contribution is 2.23. The van der Waals surface area contributed by atoms with E-state index in [-0.39, 0.29) is 6.10 Å². The van der Waals surface area contributed by atoms with Gasteiger partial charge in [-0.05, 0) is 38.6 Å². The van der Waals surface area contributed by atoms with Crippen molar-refractivity contribution in [3.63, 3.8) is 0 Å². The molecule has 0 saturated heterocycles. The summed E-state index contributed by atoms with van der Waals surface area (Å²) in [5.41, 5.74) is 1.09. The van der Waals surface area contributed by atoms with Crippen molar-refractivity contribution in [3.8, 4) is 5.75 Å². The minimum atomic E-state index is 0.182. The Morgan fingerprint density at radius 1 is 1.43 bits per heavy atom. The number of ether oxygens (including phenoxy) is 1. The van der Waals surface area contributed by atoms with Gasteiger partial charge >= 0.3 is 0 Å². The highest BCUT2D eigenvalue weighted by Gasteiger charge is 2.02. The van der Waals surface area contributed by atoms with Crippen LogP contribution >= 0.6 is 11.6 Å². The molecule has 0 unspecified atom stereocenters. The Balaban J connectivity index is 2.78. The van der Waals surface area contributed by atoms with Crippen LogP contribution in [0.3, 0.4) is 0 Å². The zero-order chi connectivity index (χ0) is 10.6. The summed E-state index contributed by atoms with van der Waals surface area (Å²) in [5, 5.41) is 3.81. The summed E-state index contributed by atoms with van der Waals surface area (Å²) in [6, 6.07) is 5.78. The number of halogens is 1. The quantitative estimate of drug-likeness (QED) is 0.831. The Morgan fingerprint density at radius 2 is 2.14 bits per heavy atom. The van der Waals surface area contributed by atoms with Crippen LogP contribution in [0.25, 0.3) is 0 Å². The van der Waals surface area contributed by atoms with E-state index in [9.17, 15) is 0 Å². The third-order valence-electron chi connectivity index (χ3n) is 1.76. The molecular weight excluding hydrogens is 198 g/mol. The van der Waals surface area contributed by atoms with Gasteiger partial charge in [-0.1, -0.05) is 17.7 Å². The molecule has 1 rings (SSSR count). The molecule has 0 aliphatic carbocycles. The van der Waals surface area contributed by atoms with E-state index in [4.69, 9.17) is 16.3 Å².